The van der Waals surface area contributed by atoms with Gasteiger partial charge in [0, 0.05) is 30.6 Å². The summed E-state index contributed by atoms with van der Waals surface area (Å²) in [5.74, 6) is 0.437. The fourth-order valence-corrected chi connectivity index (χ4v) is 3.88. The lowest BCUT2D eigenvalue weighted by atomic mass is 9.80. The molecule has 0 radical (unpaired) electrons. The van der Waals surface area contributed by atoms with E-state index in [-0.39, 0.29) is 29.1 Å². The van der Waals surface area contributed by atoms with E-state index in [1.165, 1.54) is 0 Å². The Morgan fingerprint density at radius 3 is 2.08 bits per heavy atom. The molecule has 0 aromatic heterocycles. The second-order valence-corrected chi connectivity index (χ2v) is 8.34. The van der Waals surface area contributed by atoms with Crippen LogP contribution in [-0.2, 0) is 15.0 Å². The first-order valence-electron chi connectivity index (χ1n) is 9.97. The molecule has 1 aliphatic carbocycles. The highest BCUT2D eigenvalue weighted by atomic mass is 16.2. The molecule has 0 spiro atoms. The number of carbonyl (C=O) groups is 2. The Kier molecular flexibility index (Phi) is 6.85. The summed E-state index contributed by atoms with van der Waals surface area (Å²) in [6.07, 6.45) is 3.21. The standard InChI is InChI=1S/C22H34N2O2/c1-6-24(7-2)21(26)17-14-12-16(13-15-17)20(25)23-19-11-9-8-10-18(19)22(3,4)5/h8-11,16-17H,6-7,12-15H2,1-5H3,(H,23,25). The molecule has 1 saturated carbocycles. The minimum Gasteiger partial charge on any atom is -0.343 e. The Hall–Kier alpha value is -1.84. The molecule has 1 aromatic carbocycles. The van der Waals surface area contributed by atoms with Crippen molar-refractivity contribution in [3.05, 3.63) is 29.8 Å². The summed E-state index contributed by atoms with van der Waals surface area (Å²) in [7, 11) is 0. The van der Waals surface area contributed by atoms with E-state index in [1.807, 2.05) is 36.9 Å². The number of carbonyl (C=O) groups excluding carboxylic acids is 2. The highest BCUT2D eigenvalue weighted by molar-refractivity contribution is 5.93. The zero-order valence-electron chi connectivity index (χ0n) is 17.0. The van der Waals surface area contributed by atoms with E-state index >= 15 is 0 Å². The molecule has 0 heterocycles. The van der Waals surface area contributed by atoms with Crippen LogP contribution in [0.25, 0.3) is 0 Å². The summed E-state index contributed by atoms with van der Waals surface area (Å²) in [4.78, 5) is 27.2. The minimum atomic E-state index is -0.0162. The summed E-state index contributed by atoms with van der Waals surface area (Å²) in [6, 6.07) is 8.04. The molecule has 4 nitrogen and oxygen atoms in total. The number of amides is 2. The summed E-state index contributed by atoms with van der Waals surface area (Å²) < 4.78 is 0. The van der Waals surface area contributed by atoms with Crippen molar-refractivity contribution in [1.82, 2.24) is 4.90 Å². The van der Waals surface area contributed by atoms with Gasteiger partial charge in [-0.3, -0.25) is 9.59 Å². The second kappa shape index (κ2) is 8.70. The fraction of sp³-hybridized carbons (Fsp3) is 0.636. The number of nitrogens with one attached hydrogen (secondary N) is 1. The van der Waals surface area contributed by atoms with Gasteiger partial charge >= 0.3 is 0 Å². The van der Waals surface area contributed by atoms with Crippen LogP contribution in [0.3, 0.4) is 0 Å². The molecule has 4 heteroatoms. The molecule has 144 valence electrons. The van der Waals surface area contributed by atoms with Gasteiger partial charge in [0.05, 0.1) is 0 Å². The van der Waals surface area contributed by atoms with Crippen LogP contribution < -0.4 is 5.32 Å². The second-order valence-electron chi connectivity index (χ2n) is 8.34. The smallest absolute Gasteiger partial charge is 0.227 e. The van der Waals surface area contributed by atoms with Gasteiger partial charge in [-0.15, -0.1) is 0 Å². The van der Waals surface area contributed by atoms with Crippen LogP contribution in [0.4, 0.5) is 5.69 Å². The van der Waals surface area contributed by atoms with E-state index in [4.69, 9.17) is 0 Å². The number of para-hydroxylation sites is 1. The number of hydrogen-bond donors (Lipinski definition) is 1. The van der Waals surface area contributed by atoms with Crippen molar-refractivity contribution in [2.75, 3.05) is 18.4 Å². The predicted octanol–water partition coefficient (Wildman–Crippen LogP) is 4.60. The molecule has 0 atom stereocenters. The van der Waals surface area contributed by atoms with E-state index in [2.05, 4.69) is 32.2 Å². The largest absolute Gasteiger partial charge is 0.343 e. The van der Waals surface area contributed by atoms with Crippen LogP contribution >= 0.6 is 0 Å². The van der Waals surface area contributed by atoms with E-state index < -0.39 is 0 Å². The minimum absolute atomic E-state index is 0.00350. The molecule has 0 saturated heterocycles. The normalized spacial score (nSPS) is 20.5. The van der Waals surface area contributed by atoms with Crippen molar-refractivity contribution in [3.8, 4) is 0 Å². The Morgan fingerprint density at radius 1 is 1.00 bits per heavy atom. The van der Waals surface area contributed by atoms with Gasteiger partial charge < -0.3 is 10.2 Å². The number of hydrogen-bond acceptors (Lipinski definition) is 2. The first kappa shape index (κ1) is 20.5. The quantitative estimate of drug-likeness (QED) is 0.836. The molecule has 26 heavy (non-hydrogen) atoms. The molecule has 1 N–H and O–H groups in total. The van der Waals surface area contributed by atoms with Gasteiger partial charge in [-0.2, -0.15) is 0 Å². The first-order valence-corrected chi connectivity index (χ1v) is 9.97. The first-order chi connectivity index (χ1) is 12.3. The van der Waals surface area contributed by atoms with E-state index in [0.717, 1.165) is 50.0 Å². The van der Waals surface area contributed by atoms with Gasteiger partial charge in [0.2, 0.25) is 11.8 Å². The van der Waals surface area contributed by atoms with Crippen LogP contribution in [0.15, 0.2) is 24.3 Å². The molecule has 0 bridgehead atoms. The van der Waals surface area contributed by atoms with Crippen molar-refractivity contribution in [2.45, 2.75) is 65.7 Å². The van der Waals surface area contributed by atoms with Crippen LogP contribution in [0, 0.1) is 11.8 Å². The zero-order chi connectivity index (χ0) is 19.3. The molecule has 1 fully saturated rings. The summed E-state index contributed by atoms with van der Waals surface area (Å²) >= 11 is 0. The number of rotatable bonds is 5. The molecular weight excluding hydrogens is 324 g/mol. The van der Waals surface area contributed by atoms with Crippen molar-refractivity contribution in [3.63, 3.8) is 0 Å². The molecule has 1 aliphatic rings. The van der Waals surface area contributed by atoms with Crippen molar-refractivity contribution < 1.29 is 9.59 Å². The third-order valence-electron chi connectivity index (χ3n) is 5.52. The van der Waals surface area contributed by atoms with Gasteiger partial charge in [0.25, 0.3) is 0 Å². The highest BCUT2D eigenvalue weighted by Gasteiger charge is 2.32. The van der Waals surface area contributed by atoms with Gasteiger partial charge in [-0.1, -0.05) is 39.0 Å². The van der Waals surface area contributed by atoms with Crippen molar-refractivity contribution in [1.29, 1.82) is 0 Å². The average Bonchev–Trinajstić information content (AvgIpc) is 2.62. The number of anilines is 1. The van der Waals surface area contributed by atoms with E-state index in [0.29, 0.717) is 0 Å². The lowest BCUT2D eigenvalue weighted by molar-refractivity contribution is -0.137. The van der Waals surface area contributed by atoms with Crippen LogP contribution in [0.1, 0.15) is 65.9 Å². The zero-order valence-corrected chi connectivity index (χ0v) is 17.0. The highest BCUT2D eigenvalue weighted by Crippen LogP contribution is 2.33. The van der Waals surface area contributed by atoms with Crippen LogP contribution in [0.5, 0.6) is 0 Å². The van der Waals surface area contributed by atoms with Crippen molar-refractivity contribution in [2.24, 2.45) is 11.8 Å². The Balaban J connectivity index is 1.97. The number of nitrogens with zero attached hydrogens (tertiary/aromatic N) is 1. The molecular formula is C22H34N2O2. The van der Waals surface area contributed by atoms with Crippen LogP contribution in [0.2, 0.25) is 0 Å². The van der Waals surface area contributed by atoms with Crippen molar-refractivity contribution >= 4 is 17.5 Å². The molecule has 0 aliphatic heterocycles. The third kappa shape index (κ3) is 4.87. The predicted molar refractivity (Wildman–Crippen MR) is 107 cm³/mol. The average molecular weight is 359 g/mol. The molecule has 1 aromatic rings. The summed E-state index contributed by atoms with van der Waals surface area (Å²) in [5, 5.41) is 3.14. The fourth-order valence-electron chi connectivity index (χ4n) is 3.88. The lowest BCUT2D eigenvalue weighted by Gasteiger charge is -2.31. The SMILES string of the molecule is CCN(CC)C(=O)C1CCC(C(=O)Nc2ccccc2C(C)(C)C)CC1. The topological polar surface area (TPSA) is 49.4 Å². The molecule has 2 rings (SSSR count). The van der Waals surface area contributed by atoms with Gasteiger partial charge in [-0.05, 0) is 56.6 Å². The summed E-state index contributed by atoms with van der Waals surface area (Å²) in [6.45, 7) is 12.0. The van der Waals surface area contributed by atoms with E-state index in [1.54, 1.807) is 0 Å². The Labute approximate surface area is 158 Å². The monoisotopic (exact) mass is 358 g/mol. The van der Waals surface area contributed by atoms with Crippen LogP contribution in [-0.4, -0.2) is 29.8 Å². The van der Waals surface area contributed by atoms with Gasteiger partial charge in [0.15, 0.2) is 0 Å². The lowest BCUT2D eigenvalue weighted by Crippen LogP contribution is -2.38. The number of benzene rings is 1. The van der Waals surface area contributed by atoms with Gasteiger partial charge in [0.1, 0.15) is 0 Å². The van der Waals surface area contributed by atoms with E-state index in [9.17, 15) is 9.59 Å². The maximum absolute atomic E-state index is 12.8. The van der Waals surface area contributed by atoms with Gasteiger partial charge in [-0.25, -0.2) is 0 Å². The molecule has 2 amide bonds. The maximum atomic E-state index is 12.8. The molecule has 0 unspecified atom stereocenters. The summed E-state index contributed by atoms with van der Waals surface area (Å²) in [5.41, 5.74) is 2.04. The maximum Gasteiger partial charge on any atom is 0.227 e. The third-order valence-corrected chi connectivity index (χ3v) is 5.52. The Morgan fingerprint density at radius 2 is 1.54 bits per heavy atom. The Bertz CT molecular complexity index is 621.